The molecule has 0 fully saturated rings. The van der Waals surface area contributed by atoms with Crippen LogP contribution in [0.5, 0.6) is 0 Å². The van der Waals surface area contributed by atoms with Crippen molar-refractivity contribution in [2.75, 3.05) is 0 Å². The number of hydrogen-bond acceptors (Lipinski definition) is 2. The lowest BCUT2D eigenvalue weighted by molar-refractivity contribution is 0.782. The van der Waals surface area contributed by atoms with Crippen molar-refractivity contribution < 1.29 is 0 Å². The minimum atomic E-state index is 0.282. The summed E-state index contributed by atoms with van der Waals surface area (Å²) in [7, 11) is 0. The second-order valence-electron chi connectivity index (χ2n) is 2.72. The number of fused-ring (bicyclic) bond motifs is 1. The highest BCUT2D eigenvalue weighted by Gasteiger charge is 2.16. The fourth-order valence-corrected chi connectivity index (χ4v) is 1.39. The molecule has 0 radical (unpaired) electrons. The molecule has 2 rings (SSSR count). The quantitative estimate of drug-likeness (QED) is 0.547. The van der Waals surface area contributed by atoms with Crippen LogP contribution in [0.4, 0.5) is 0 Å². The maximum Gasteiger partial charge on any atom is 0.0803 e. The van der Waals surface area contributed by atoms with Crippen LogP contribution < -0.4 is 5.73 Å². The summed E-state index contributed by atoms with van der Waals surface area (Å²) < 4.78 is 0. The van der Waals surface area contributed by atoms with E-state index in [2.05, 4.69) is 11.1 Å². The first kappa shape index (κ1) is 6.40. The molecule has 0 aromatic carbocycles. The predicted octanol–water partition coefficient (Wildman–Crippen LogP) is 1.17. The van der Waals surface area contributed by atoms with Crippen molar-refractivity contribution in [2.24, 2.45) is 10.7 Å². The summed E-state index contributed by atoms with van der Waals surface area (Å²) in [6.07, 6.45) is 10.8. The van der Waals surface area contributed by atoms with Crippen LogP contribution in [0.3, 0.4) is 0 Å². The van der Waals surface area contributed by atoms with Gasteiger partial charge in [0.05, 0.1) is 6.04 Å². The van der Waals surface area contributed by atoms with Crippen molar-refractivity contribution in [3.05, 3.63) is 35.6 Å². The monoisotopic (exact) mass is 146 g/mol. The number of nitrogens with zero attached hydrogens (tertiary/aromatic N) is 1. The minimum absolute atomic E-state index is 0.282. The molecule has 1 aliphatic carbocycles. The normalized spacial score (nSPS) is 27.5. The van der Waals surface area contributed by atoms with Gasteiger partial charge in [-0.05, 0) is 24.1 Å². The highest BCUT2D eigenvalue weighted by molar-refractivity contribution is 5.75. The number of hydrogen-bond donors (Lipinski definition) is 1. The van der Waals surface area contributed by atoms with Gasteiger partial charge in [0.15, 0.2) is 0 Å². The van der Waals surface area contributed by atoms with Crippen LogP contribution in [-0.2, 0) is 0 Å². The Kier molecular flexibility index (Phi) is 1.39. The lowest BCUT2D eigenvalue weighted by Gasteiger charge is -2.19. The van der Waals surface area contributed by atoms with Crippen LogP contribution in [-0.4, -0.2) is 12.3 Å². The van der Waals surface area contributed by atoms with Crippen LogP contribution in [0.25, 0.3) is 0 Å². The molecule has 2 nitrogen and oxygen atoms in total. The molecular formula is C9H10N2. The van der Waals surface area contributed by atoms with Crippen molar-refractivity contribution in [3.63, 3.8) is 0 Å². The molecule has 0 bridgehead atoms. The smallest absolute Gasteiger partial charge is 0.0803 e. The van der Waals surface area contributed by atoms with Gasteiger partial charge in [-0.1, -0.05) is 12.2 Å². The first-order valence-electron chi connectivity index (χ1n) is 3.74. The summed E-state index contributed by atoms with van der Waals surface area (Å²) in [5.74, 6) is 0. The first-order valence-corrected chi connectivity index (χ1v) is 3.74. The standard InChI is InChI=1S/C9H10N2/c10-8-4-1-5-9-7(8)3-2-6-11-9/h1-4,6,9H,5,10H2. The van der Waals surface area contributed by atoms with E-state index in [1.165, 1.54) is 0 Å². The first-order chi connectivity index (χ1) is 5.38. The van der Waals surface area contributed by atoms with Crippen LogP contribution >= 0.6 is 0 Å². The Morgan fingerprint density at radius 2 is 2.36 bits per heavy atom. The third-order valence-corrected chi connectivity index (χ3v) is 1.98. The Balaban J connectivity index is 2.43. The van der Waals surface area contributed by atoms with Gasteiger partial charge in [0.1, 0.15) is 0 Å². The van der Waals surface area contributed by atoms with Crippen molar-refractivity contribution in [2.45, 2.75) is 12.5 Å². The topological polar surface area (TPSA) is 38.4 Å². The summed E-state index contributed by atoms with van der Waals surface area (Å²) in [5, 5.41) is 0. The molecule has 2 heteroatoms. The molecule has 2 aliphatic rings. The van der Waals surface area contributed by atoms with E-state index in [0.717, 1.165) is 17.7 Å². The maximum absolute atomic E-state index is 5.76. The summed E-state index contributed by atoms with van der Waals surface area (Å²) >= 11 is 0. The summed E-state index contributed by atoms with van der Waals surface area (Å²) in [5.41, 5.74) is 7.77. The number of allylic oxidation sites excluding steroid dienone is 2. The van der Waals surface area contributed by atoms with Crippen LogP contribution in [0.2, 0.25) is 0 Å². The van der Waals surface area contributed by atoms with Gasteiger partial charge < -0.3 is 5.73 Å². The largest absolute Gasteiger partial charge is 0.398 e. The Labute approximate surface area is 65.8 Å². The summed E-state index contributed by atoms with van der Waals surface area (Å²) in [4.78, 5) is 4.30. The SMILES string of the molecule is NC1=C2C=CC=NC2CC=C1. The van der Waals surface area contributed by atoms with Crippen LogP contribution in [0, 0.1) is 0 Å². The molecule has 1 unspecified atom stereocenters. The van der Waals surface area contributed by atoms with Crippen molar-refractivity contribution in [1.29, 1.82) is 0 Å². The second-order valence-corrected chi connectivity index (χ2v) is 2.72. The molecule has 0 saturated carbocycles. The molecule has 0 saturated heterocycles. The summed E-state index contributed by atoms with van der Waals surface area (Å²) in [6, 6.07) is 0.282. The van der Waals surface area contributed by atoms with Gasteiger partial charge in [-0.3, -0.25) is 4.99 Å². The van der Waals surface area contributed by atoms with Gasteiger partial charge in [0.2, 0.25) is 0 Å². The highest BCUT2D eigenvalue weighted by atomic mass is 14.8. The minimum Gasteiger partial charge on any atom is -0.398 e. The van der Waals surface area contributed by atoms with Crippen molar-refractivity contribution in [3.8, 4) is 0 Å². The maximum atomic E-state index is 5.76. The molecule has 0 amide bonds. The predicted molar refractivity (Wildman–Crippen MR) is 46.4 cm³/mol. The van der Waals surface area contributed by atoms with Gasteiger partial charge in [-0.2, -0.15) is 0 Å². The molecule has 56 valence electrons. The van der Waals surface area contributed by atoms with Gasteiger partial charge >= 0.3 is 0 Å². The fraction of sp³-hybridized carbons (Fsp3) is 0.222. The lowest BCUT2D eigenvalue weighted by Crippen LogP contribution is -2.17. The third kappa shape index (κ3) is 1.00. The lowest BCUT2D eigenvalue weighted by atomic mass is 9.95. The zero-order chi connectivity index (χ0) is 7.68. The molecule has 1 atom stereocenters. The highest BCUT2D eigenvalue weighted by Crippen LogP contribution is 2.22. The van der Waals surface area contributed by atoms with E-state index in [1.807, 2.05) is 24.4 Å². The Bertz CT molecular complexity index is 282. The van der Waals surface area contributed by atoms with E-state index < -0.39 is 0 Å². The molecule has 11 heavy (non-hydrogen) atoms. The molecule has 0 aromatic heterocycles. The van der Waals surface area contributed by atoms with E-state index in [4.69, 9.17) is 5.73 Å². The Morgan fingerprint density at radius 1 is 1.45 bits per heavy atom. The van der Waals surface area contributed by atoms with Crippen molar-refractivity contribution in [1.82, 2.24) is 0 Å². The third-order valence-electron chi connectivity index (χ3n) is 1.98. The number of aliphatic imine (C=N–C) groups is 1. The van der Waals surface area contributed by atoms with Gasteiger partial charge in [0, 0.05) is 11.9 Å². The molecular weight excluding hydrogens is 136 g/mol. The molecule has 1 aliphatic heterocycles. The number of rotatable bonds is 0. The average Bonchev–Trinajstić information content (AvgIpc) is 2.06. The van der Waals surface area contributed by atoms with E-state index >= 15 is 0 Å². The average molecular weight is 146 g/mol. The van der Waals surface area contributed by atoms with Gasteiger partial charge in [0.25, 0.3) is 0 Å². The van der Waals surface area contributed by atoms with E-state index in [9.17, 15) is 0 Å². The molecule has 0 aromatic rings. The zero-order valence-corrected chi connectivity index (χ0v) is 6.20. The fourth-order valence-electron chi connectivity index (χ4n) is 1.39. The Morgan fingerprint density at radius 3 is 3.18 bits per heavy atom. The summed E-state index contributed by atoms with van der Waals surface area (Å²) in [6.45, 7) is 0. The van der Waals surface area contributed by atoms with Crippen LogP contribution in [0.1, 0.15) is 6.42 Å². The Hall–Kier alpha value is -1.31. The number of nitrogens with two attached hydrogens (primary N) is 1. The van der Waals surface area contributed by atoms with Crippen LogP contribution in [0.15, 0.2) is 40.6 Å². The zero-order valence-electron chi connectivity index (χ0n) is 6.20. The number of dihydropyridines is 1. The van der Waals surface area contributed by atoms with E-state index in [1.54, 1.807) is 0 Å². The molecule has 0 spiro atoms. The van der Waals surface area contributed by atoms with Crippen molar-refractivity contribution >= 4 is 6.21 Å². The second kappa shape index (κ2) is 2.38. The van der Waals surface area contributed by atoms with E-state index in [-0.39, 0.29) is 6.04 Å². The molecule has 2 N–H and O–H groups in total. The van der Waals surface area contributed by atoms with E-state index in [0.29, 0.717) is 0 Å². The van der Waals surface area contributed by atoms with Gasteiger partial charge in [-0.25, -0.2) is 0 Å². The molecule has 1 heterocycles. The van der Waals surface area contributed by atoms with Gasteiger partial charge in [-0.15, -0.1) is 0 Å².